The standard InChI is InChI=1S/C21H25BrClN2O9P/c1-3-31-18(28)13(2)12-35(30,34-14-7-5-4-6-8-14)32-11-15-17(27)21(22,23)19(33-15)25-10-9-16(26)24-20(25)29/h4-10,13,15,17,19,27H,3,11-12H2,1-2H3,(H,24,26,29)/t13-,15-,17-,19-,21+,35?/m1/s1. The predicted octanol–water partition coefficient (Wildman–Crippen LogP) is 2.61. The fraction of sp³-hybridized carbons (Fsp3) is 0.476. The number of aliphatic hydroxyl groups excluding tert-OH is 1. The number of benzene rings is 1. The molecule has 0 amide bonds. The Balaban J connectivity index is 1.80. The monoisotopic (exact) mass is 594 g/mol. The Bertz CT molecular complexity index is 1190. The number of ether oxygens (including phenoxy) is 2. The number of carbonyl (C=O) groups is 1. The first-order chi connectivity index (χ1) is 16.5. The maximum atomic E-state index is 13.6. The van der Waals surface area contributed by atoms with Gasteiger partial charge in [-0.1, -0.05) is 52.7 Å². The van der Waals surface area contributed by atoms with Gasteiger partial charge in [0.25, 0.3) is 5.56 Å². The molecule has 1 aliphatic rings. The van der Waals surface area contributed by atoms with Crippen molar-refractivity contribution in [2.45, 2.75) is 36.1 Å². The Morgan fingerprint density at radius 3 is 2.66 bits per heavy atom. The fourth-order valence-electron chi connectivity index (χ4n) is 3.36. The van der Waals surface area contributed by atoms with E-state index in [2.05, 4.69) is 20.9 Å². The van der Waals surface area contributed by atoms with Crippen molar-refractivity contribution in [3.05, 3.63) is 63.4 Å². The van der Waals surface area contributed by atoms with Gasteiger partial charge in [-0.3, -0.25) is 23.7 Å². The summed E-state index contributed by atoms with van der Waals surface area (Å²) in [4.78, 5) is 37.8. The van der Waals surface area contributed by atoms with Crippen LogP contribution in [0.1, 0.15) is 20.1 Å². The molecule has 0 spiro atoms. The summed E-state index contributed by atoms with van der Waals surface area (Å²) in [6.07, 6.45) is -2.95. The number of alkyl halides is 2. The zero-order valence-corrected chi connectivity index (χ0v) is 22.1. The highest BCUT2D eigenvalue weighted by Gasteiger charge is 2.55. The van der Waals surface area contributed by atoms with Gasteiger partial charge in [0, 0.05) is 12.3 Å². The molecule has 0 bridgehead atoms. The highest BCUT2D eigenvalue weighted by atomic mass is 79.9. The zero-order valence-electron chi connectivity index (χ0n) is 18.8. The Morgan fingerprint density at radius 2 is 2.03 bits per heavy atom. The summed E-state index contributed by atoms with van der Waals surface area (Å²) in [7, 11) is -3.97. The quantitative estimate of drug-likeness (QED) is 0.240. The van der Waals surface area contributed by atoms with Crippen molar-refractivity contribution in [2.24, 2.45) is 5.92 Å². The smallest absolute Gasteiger partial charge is 0.380 e. The van der Waals surface area contributed by atoms with Gasteiger partial charge in [0.15, 0.2) is 10.0 Å². The molecule has 14 heteroatoms. The van der Waals surface area contributed by atoms with Gasteiger partial charge in [0.05, 0.1) is 25.3 Å². The Hall–Kier alpha value is -1.95. The first-order valence-corrected chi connectivity index (χ1v) is 13.5. The number of para-hydroxylation sites is 1. The number of hydrogen-bond acceptors (Lipinski definition) is 9. The van der Waals surface area contributed by atoms with Crippen molar-refractivity contribution in [1.82, 2.24) is 9.55 Å². The molecule has 1 aliphatic heterocycles. The van der Waals surface area contributed by atoms with Crippen LogP contribution in [-0.4, -0.2) is 56.0 Å². The van der Waals surface area contributed by atoms with Crippen LogP contribution in [-0.2, 0) is 23.4 Å². The third kappa shape index (κ3) is 6.63. The van der Waals surface area contributed by atoms with Gasteiger partial charge >= 0.3 is 19.3 Å². The number of aromatic amines is 1. The summed E-state index contributed by atoms with van der Waals surface area (Å²) >= 11 is 9.62. The molecule has 35 heavy (non-hydrogen) atoms. The number of esters is 1. The van der Waals surface area contributed by atoms with Crippen molar-refractivity contribution >= 4 is 41.1 Å². The number of rotatable bonds is 10. The highest BCUT2D eigenvalue weighted by Crippen LogP contribution is 2.52. The molecule has 11 nitrogen and oxygen atoms in total. The minimum atomic E-state index is -3.97. The predicted molar refractivity (Wildman–Crippen MR) is 130 cm³/mol. The molecule has 1 saturated heterocycles. The Kier molecular flexibility index (Phi) is 9.01. The molecule has 1 unspecified atom stereocenters. The van der Waals surface area contributed by atoms with Crippen LogP contribution < -0.4 is 15.8 Å². The summed E-state index contributed by atoms with van der Waals surface area (Å²) in [6, 6.07) is 9.35. The minimum absolute atomic E-state index is 0.157. The average Bonchev–Trinajstić information content (AvgIpc) is 3.02. The zero-order chi connectivity index (χ0) is 25.8. The van der Waals surface area contributed by atoms with E-state index in [-0.39, 0.29) is 18.5 Å². The van der Waals surface area contributed by atoms with Crippen molar-refractivity contribution < 1.29 is 33.0 Å². The summed E-state index contributed by atoms with van der Waals surface area (Å²) in [6.45, 7) is 2.90. The number of carbonyl (C=O) groups excluding carboxylic acids is 1. The summed E-state index contributed by atoms with van der Waals surface area (Å²) in [5.74, 6) is -1.12. The number of aliphatic hydroxyl groups is 1. The van der Waals surface area contributed by atoms with Crippen molar-refractivity contribution in [3.63, 3.8) is 0 Å². The minimum Gasteiger partial charge on any atom is -0.466 e. The topological polar surface area (TPSA) is 146 Å². The third-order valence-corrected chi connectivity index (χ3v) is 8.39. The van der Waals surface area contributed by atoms with E-state index < -0.39 is 59.6 Å². The summed E-state index contributed by atoms with van der Waals surface area (Å²) < 4.78 is 35.0. The first-order valence-electron chi connectivity index (χ1n) is 10.6. The Labute approximate surface area is 214 Å². The second-order valence-electron chi connectivity index (χ2n) is 7.81. The van der Waals surface area contributed by atoms with Crippen LogP contribution in [0.15, 0.2) is 52.2 Å². The molecule has 3 rings (SSSR count). The van der Waals surface area contributed by atoms with Crippen LogP contribution in [0.3, 0.4) is 0 Å². The lowest BCUT2D eigenvalue weighted by atomic mass is 10.2. The van der Waals surface area contributed by atoms with Crippen LogP contribution >= 0.6 is 35.1 Å². The van der Waals surface area contributed by atoms with Crippen LogP contribution in [0.4, 0.5) is 0 Å². The molecule has 2 heterocycles. The lowest BCUT2D eigenvalue weighted by Gasteiger charge is -2.25. The summed E-state index contributed by atoms with van der Waals surface area (Å²) in [5.41, 5.74) is -1.42. The number of nitrogens with zero attached hydrogens (tertiary/aromatic N) is 1. The van der Waals surface area contributed by atoms with Crippen LogP contribution in [0.5, 0.6) is 5.75 Å². The SMILES string of the molecule is CCOC(=O)[C@H](C)CP(=O)(OC[C@H]1O[C@@H](n2ccc(=O)[nH]c2=O)[C@](Cl)(Br)[C@@H]1O)Oc1ccccc1. The van der Waals surface area contributed by atoms with Crippen LogP contribution in [0, 0.1) is 5.92 Å². The van der Waals surface area contributed by atoms with Gasteiger partial charge in [-0.2, -0.15) is 0 Å². The second-order valence-corrected chi connectivity index (χ2v) is 12.2. The van der Waals surface area contributed by atoms with E-state index in [1.165, 1.54) is 13.1 Å². The molecular formula is C21H25BrClN2O9P. The molecule has 1 fully saturated rings. The van der Waals surface area contributed by atoms with Gasteiger partial charge in [0.1, 0.15) is 18.0 Å². The molecule has 0 radical (unpaired) electrons. The number of aromatic nitrogens is 2. The van der Waals surface area contributed by atoms with E-state index >= 15 is 0 Å². The largest absolute Gasteiger partial charge is 0.466 e. The second kappa shape index (κ2) is 11.4. The molecule has 1 aromatic heterocycles. The Morgan fingerprint density at radius 1 is 1.34 bits per heavy atom. The number of nitrogens with one attached hydrogen (secondary N) is 1. The number of hydrogen-bond donors (Lipinski definition) is 2. The number of halogens is 2. The lowest BCUT2D eigenvalue weighted by Crippen LogP contribution is -2.40. The van der Waals surface area contributed by atoms with Gasteiger partial charge in [0.2, 0.25) is 0 Å². The van der Waals surface area contributed by atoms with Crippen LogP contribution in [0.2, 0.25) is 0 Å². The molecule has 6 atom stereocenters. The van der Waals surface area contributed by atoms with E-state index in [4.69, 9.17) is 30.1 Å². The molecule has 0 saturated carbocycles. The normalized spacial score (nSPS) is 26.6. The van der Waals surface area contributed by atoms with Gasteiger partial charge in [-0.05, 0) is 19.1 Å². The first kappa shape index (κ1) is 27.6. The van der Waals surface area contributed by atoms with Gasteiger partial charge in [-0.25, -0.2) is 9.36 Å². The van der Waals surface area contributed by atoms with Gasteiger partial charge in [-0.15, -0.1) is 0 Å². The molecule has 2 N–H and O–H groups in total. The average molecular weight is 596 g/mol. The molecule has 192 valence electrons. The van der Waals surface area contributed by atoms with Crippen molar-refractivity contribution in [3.8, 4) is 5.75 Å². The molecule has 2 aromatic rings. The third-order valence-electron chi connectivity index (χ3n) is 5.09. The fourth-order valence-corrected chi connectivity index (χ4v) is 6.15. The van der Waals surface area contributed by atoms with E-state index in [0.717, 1.165) is 10.6 Å². The number of H-pyrrole nitrogens is 1. The van der Waals surface area contributed by atoms with Crippen LogP contribution in [0.25, 0.3) is 0 Å². The van der Waals surface area contributed by atoms with Gasteiger partial charge < -0.3 is 19.1 Å². The summed E-state index contributed by atoms with van der Waals surface area (Å²) in [5, 5.41) is 10.7. The highest BCUT2D eigenvalue weighted by molar-refractivity contribution is 9.10. The van der Waals surface area contributed by atoms with E-state index in [0.29, 0.717) is 0 Å². The van der Waals surface area contributed by atoms with Crippen molar-refractivity contribution in [1.29, 1.82) is 0 Å². The van der Waals surface area contributed by atoms with E-state index in [1.807, 2.05) is 0 Å². The van der Waals surface area contributed by atoms with Crippen molar-refractivity contribution in [2.75, 3.05) is 19.4 Å². The molecular weight excluding hydrogens is 571 g/mol. The lowest BCUT2D eigenvalue weighted by molar-refractivity contribution is -0.146. The maximum absolute atomic E-state index is 13.6. The molecule has 1 aromatic carbocycles. The maximum Gasteiger partial charge on any atom is 0.380 e. The molecule has 0 aliphatic carbocycles. The van der Waals surface area contributed by atoms with E-state index in [1.54, 1.807) is 37.3 Å². The van der Waals surface area contributed by atoms with E-state index in [9.17, 15) is 24.1 Å².